The molecule has 0 radical (unpaired) electrons. The van der Waals surface area contributed by atoms with Gasteiger partial charge in [0.2, 0.25) is 11.8 Å². The quantitative estimate of drug-likeness (QED) is 0.893. The lowest BCUT2D eigenvalue weighted by atomic mass is 10.1. The molecule has 126 valence electrons. The Morgan fingerprint density at radius 3 is 3.00 bits per heavy atom. The highest BCUT2D eigenvalue weighted by Crippen LogP contribution is 2.33. The van der Waals surface area contributed by atoms with Crippen molar-refractivity contribution >= 4 is 33.4 Å². The molecule has 2 amide bonds. The predicted octanol–water partition coefficient (Wildman–Crippen LogP) is 0.954. The molecule has 1 aliphatic heterocycles. The Morgan fingerprint density at radius 2 is 2.25 bits per heavy atom. The molecule has 7 nitrogen and oxygen atoms in total. The molecule has 2 aromatic heterocycles. The van der Waals surface area contributed by atoms with Gasteiger partial charge in [-0.25, -0.2) is 4.98 Å². The van der Waals surface area contributed by atoms with E-state index in [1.165, 1.54) is 11.3 Å². The third kappa shape index (κ3) is 2.71. The number of rotatable bonds is 4. The number of aromatic amines is 1. The summed E-state index contributed by atoms with van der Waals surface area (Å²) in [4.78, 5) is 47.1. The summed E-state index contributed by atoms with van der Waals surface area (Å²) in [6.07, 6.45) is 2.38. The fourth-order valence-electron chi connectivity index (χ4n) is 3.25. The Hall–Kier alpha value is -2.22. The number of hydrogen-bond acceptors (Lipinski definition) is 5. The first-order chi connectivity index (χ1) is 11.5. The topological polar surface area (TPSA) is 86.4 Å². The number of carbonyl (C=O) groups is 2. The normalized spacial score (nSPS) is 20.8. The average molecular weight is 346 g/mol. The zero-order valence-corrected chi connectivity index (χ0v) is 14.1. The zero-order valence-electron chi connectivity index (χ0n) is 13.3. The highest BCUT2D eigenvalue weighted by atomic mass is 32.1. The molecule has 1 aliphatic carbocycles. The molecule has 1 saturated carbocycles. The average Bonchev–Trinajstić information content (AvgIpc) is 3.14. The minimum Gasteiger partial charge on any atom is -0.339 e. The van der Waals surface area contributed by atoms with E-state index in [9.17, 15) is 14.4 Å². The van der Waals surface area contributed by atoms with Crippen molar-refractivity contribution < 1.29 is 9.59 Å². The van der Waals surface area contributed by atoms with E-state index in [2.05, 4.69) is 9.97 Å². The van der Waals surface area contributed by atoms with Gasteiger partial charge in [0.25, 0.3) is 5.56 Å². The lowest BCUT2D eigenvalue weighted by Gasteiger charge is -2.21. The smallest absolute Gasteiger partial charge is 0.268 e. The largest absolute Gasteiger partial charge is 0.339 e. The molecular formula is C16H18N4O3S. The van der Waals surface area contributed by atoms with Crippen molar-refractivity contribution in [1.82, 2.24) is 19.8 Å². The molecular weight excluding hydrogens is 328 g/mol. The number of carbonyl (C=O) groups excluding carboxylic acids is 2. The summed E-state index contributed by atoms with van der Waals surface area (Å²) in [5.74, 6) is 0.180. The van der Waals surface area contributed by atoms with Crippen molar-refractivity contribution in [2.45, 2.75) is 31.8 Å². The van der Waals surface area contributed by atoms with E-state index in [0.29, 0.717) is 28.6 Å². The van der Waals surface area contributed by atoms with Crippen LogP contribution in [0.15, 0.2) is 16.2 Å². The highest BCUT2D eigenvalue weighted by molar-refractivity contribution is 7.17. The summed E-state index contributed by atoms with van der Waals surface area (Å²) >= 11 is 1.35. The second-order valence-corrected chi connectivity index (χ2v) is 7.44. The second kappa shape index (κ2) is 5.70. The van der Waals surface area contributed by atoms with Gasteiger partial charge in [-0.2, -0.15) is 0 Å². The lowest BCUT2D eigenvalue weighted by Crippen LogP contribution is -2.35. The fraction of sp³-hybridized carbons (Fsp3) is 0.500. The molecule has 1 saturated heterocycles. The maximum Gasteiger partial charge on any atom is 0.268 e. The van der Waals surface area contributed by atoms with Gasteiger partial charge in [0.05, 0.1) is 18.0 Å². The number of likely N-dealkylation sites (tertiary alicyclic amines) is 1. The summed E-state index contributed by atoms with van der Waals surface area (Å²) in [5.41, 5.74) is 0.470. The maximum absolute atomic E-state index is 12.6. The minimum absolute atomic E-state index is 0.0698. The summed E-state index contributed by atoms with van der Waals surface area (Å²) in [6, 6.07) is 2.14. The third-order valence-electron chi connectivity index (χ3n) is 4.62. The van der Waals surface area contributed by atoms with Crippen LogP contribution in [0, 0.1) is 5.92 Å². The van der Waals surface area contributed by atoms with Crippen molar-refractivity contribution in [3.05, 3.63) is 27.6 Å². The van der Waals surface area contributed by atoms with E-state index in [1.807, 2.05) is 10.3 Å². The molecule has 0 bridgehead atoms. The third-order valence-corrected chi connectivity index (χ3v) is 5.52. The van der Waals surface area contributed by atoms with Gasteiger partial charge >= 0.3 is 0 Å². The van der Waals surface area contributed by atoms with Crippen LogP contribution in [0.5, 0.6) is 0 Å². The first-order valence-corrected chi connectivity index (χ1v) is 8.91. The van der Waals surface area contributed by atoms with Crippen LogP contribution in [-0.2, 0) is 16.1 Å². The van der Waals surface area contributed by atoms with Gasteiger partial charge in [0.15, 0.2) is 0 Å². The number of nitrogens with one attached hydrogen (secondary N) is 1. The summed E-state index contributed by atoms with van der Waals surface area (Å²) in [7, 11) is 1.68. The van der Waals surface area contributed by atoms with Crippen LogP contribution in [0.2, 0.25) is 0 Å². The molecule has 2 aromatic rings. The number of thiophene rings is 1. The second-order valence-electron chi connectivity index (χ2n) is 6.52. The van der Waals surface area contributed by atoms with E-state index < -0.39 is 0 Å². The Labute approximate surface area is 142 Å². The highest BCUT2D eigenvalue weighted by Gasteiger charge is 2.42. The molecule has 3 heterocycles. The van der Waals surface area contributed by atoms with Gasteiger partial charge in [-0.15, -0.1) is 11.3 Å². The maximum atomic E-state index is 12.6. The number of fused-ring (bicyclic) bond motifs is 1. The zero-order chi connectivity index (χ0) is 16.8. The molecule has 0 unspecified atom stereocenters. The molecule has 4 rings (SSSR count). The van der Waals surface area contributed by atoms with Gasteiger partial charge < -0.3 is 14.8 Å². The molecule has 1 N–H and O–H groups in total. The Kier molecular flexibility index (Phi) is 3.64. The fourth-order valence-corrected chi connectivity index (χ4v) is 3.97. The van der Waals surface area contributed by atoms with Crippen LogP contribution >= 0.6 is 11.3 Å². The van der Waals surface area contributed by atoms with E-state index in [-0.39, 0.29) is 36.3 Å². The van der Waals surface area contributed by atoms with Crippen LogP contribution in [0.4, 0.5) is 0 Å². The Morgan fingerprint density at radius 1 is 1.46 bits per heavy atom. The van der Waals surface area contributed by atoms with Gasteiger partial charge in [-0.3, -0.25) is 14.4 Å². The first-order valence-electron chi connectivity index (χ1n) is 8.04. The van der Waals surface area contributed by atoms with Gasteiger partial charge in [-0.1, -0.05) is 0 Å². The molecule has 8 heteroatoms. The van der Waals surface area contributed by atoms with E-state index in [1.54, 1.807) is 18.0 Å². The van der Waals surface area contributed by atoms with Crippen molar-refractivity contribution in [2.24, 2.45) is 5.92 Å². The van der Waals surface area contributed by atoms with Crippen molar-refractivity contribution in [3.8, 4) is 0 Å². The van der Waals surface area contributed by atoms with E-state index in [4.69, 9.17) is 0 Å². The van der Waals surface area contributed by atoms with Crippen LogP contribution in [0.1, 0.15) is 25.1 Å². The molecule has 2 aliphatic rings. The number of H-pyrrole nitrogens is 1. The molecule has 2 fully saturated rings. The van der Waals surface area contributed by atoms with Crippen molar-refractivity contribution in [2.75, 3.05) is 13.6 Å². The minimum atomic E-state index is -0.292. The molecule has 24 heavy (non-hydrogen) atoms. The van der Waals surface area contributed by atoms with Gasteiger partial charge in [0, 0.05) is 26.1 Å². The number of amides is 2. The van der Waals surface area contributed by atoms with Crippen molar-refractivity contribution in [3.63, 3.8) is 0 Å². The van der Waals surface area contributed by atoms with Gasteiger partial charge in [0.1, 0.15) is 10.5 Å². The number of nitrogens with zero attached hydrogens (tertiary/aromatic N) is 3. The summed E-state index contributed by atoms with van der Waals surface area (Å²) in [5, 5.41) is 1.82. The molecule has 0 aromatic carbocycles. The van der Waals surface area contributed by atoms with E-state index >= 15 is 0 Å². The van der Waals surface area contributed by atoms with Gasteiger partial charge in [-0.05, 0) is 24.3 Å². The number of hydrogen-bond donors (Lipinski definition) is 1. The van der Waals surface area contributed by atoms with Crippen LogP contribution < -0.4 is 5.56 Å². The van der Waals surface area contributed by atoms with Crippen molar-refractivity contribution in [1.29, 1.82) is 0 Å². The lowest BCUT2D eigenvalue weighted by molar-refractivity contribution is -0.135. The SMILES string of the molecule is CN(Cc1nc2ccsc2c(=O)[nH]1)C(=O)[C@H]1CC(=O)N(C2CC2)C1. The monoisotopic (exact) mass is 346 g/mol. The predicted molar refractivity (Wildman–Crippen MR) is 89.6 cm³/mol. The Bertz CT molecular complexity index is 870. The molecule has 0 spiro atoms. The number of aromatic nitrogens is 2. The van der Waals surface area contributed by atoms with Crippen LogP contribution in [0.3, 0.4) is 0 Å². The first kappa shape index (κ1) is 15.3. The summed E-state index contributed by atoms with van der Waals surface area (Å²) in [6.45, 7) is 0.744. The summed E-state index contributed by atoms with van der Waals surface area (Å²) < 4.78 is 0.592. The van der Waals surface area contributed by atoms with Crippen LogP contribution in [0.25, 0.3) is 10.2 Å². The standard InChI is InChI=1S/C16H18N4O3S/c1-19(8-12-17-11-4-5-24-14(11)15(22)18-12)16(23)9-6-13(21)20(7-9)10-2-3-10/h4-5,9-10H,2-3,6-8H2,1H3,(H,17,18,22)/t9-/m0/s1. The van der Waals surface area contributed by atoms with E-state index in [0.717, 1.165) is 12.8 Å². The van der Waals surface area contributed by atoms with Crippen LogP contribution in [-0.4, -0.2) is 51.2 Å². The Balaban J connectivity index is 1.46. The molecule has 1 atom stereocenters.